The Morgan fingerprint density at radius 1 is 1.04 bits per heavy atom. The van der Waals surface area contributed by atoms with Crippen LogP contribution < -0.4 is 18.9 Å². The zero-order valence-corrected chi connectivity index (χ0v) is 15.9. The zero-order valence-electron chi connectivity index (χ0n) is 15.1. The predicted octanol–water partition coefficient (Wildman–Crippen LogP) is 3.20. The van der Waals surface area contributed by atoms with Gasteiger partial charge in [-0.3, -0.25) is 14.8 Å². The van der Waals surface area contributed by atoms with E-state index in [0.717, 1.165) is 12.1 Å². The second kappa shape index (κ2) is 8.58. The van der Waals surface area contributed by atoms with E-state index in [1.54, 1.807) is 26.0 Å². The van der Waals surface area contributed by atoms with Crippen molar-refractivity contribution in [1.82, 2.24) is 0 Å². The van der Waals surface area contributed by atoms with Crippen LogP contribution in [0.15, 0.2) is 41.3 Å². The molecule has 0 spiro atoms. The smallest absolute Gasteiger partial charge is 0.293 e. The van der Waals surface area contributed by atoms with Crippen molar-refractivity contribution in [3.63, 3.8) is 0 Å². The van der Waals surface area contributed by atoms with Crippen LogP contribution in [0.5, 0.6) is 17.2 Å². The number of sulfonamides is 1. The van der Waals surface area contributed by atoms with E-state index in [0.29, 0.717) is 19.0 Å². The van der Waals surface area contributed by atoms with Crippen LogP contribution in [-0.4, -0.2) is 33.7 Å². The van der Waals surface area contributed by atoms with Gasteiger partial charge < -0.3 is 14.2 Å². The summed E-state index contributed by atoms with van der Waals surface area (Å²) in [4.78, 5) is 10.0. The van der Waals surface area contributed by atoms with E-state index in [9.17, 15) is 18.5 Å². The molecule has 0 bridgehead atoms. The summed E-state index contributed by atoms with van der Waals surface area (Å²) >= 11 is 0. The van der Waals surface area contributed by atoms with Crippen LogP contribution in [0.3, 0.4) is 0 Å². The van der Waals surface area contributed by atoms with Crippen LogP contribution in [0.25, 0.3) is 0 Å². The number of nitro groups is 1. The van der Waals surface area contributed by atoms with Gasteiger partial charge in [-0.2, -0.15) is 0 Å². The van der Waals surface area contributed by atoms with Gasteiger partial charge in [-0.25, -0.2) is 8.42 Å². The lowest BCUT2D eigenvalue weighted by Crippen LogP contribution is -2.16. The zero-order chi connectivity index (χ0) is 20.0. The highest BCUT2D eigenvalue weighted by atomic mass is 32.2. The number of ether oxygens (including phenoxy) is 3. The van der Waals surface area contributed by atoms with Crippen molar-refractivity contribution < 1.29 is 27.6 Å². The SMILES string of the molecule is CCOc1ccc(OCC)c(NS(=O)(=O)c2ccc(OC)cc2[N+](=O)[O-])c1. The summed E-state index contributed by atoms with van der Waals surface area (Å²) in [6.45, 7) is 4.25. The summed E-state index contributed by atoms with van der Waals surface area (Å²) in [5.74, 6) is 0.887. The maximum atomic E-state index is 12.8. The summed E-state index contributed by atoms with van der Waals surface area (Å²) in [6, 6.07) is 8.17. The Hall–Kier alpha value is -3.01. The fourth-order valence-corrected chi connectivity index (χ4v) is 3.54. The van der Waals surface area contributed by atoms with Crippen LogP contribution in [0.1, 0.15) is 13.8 Å². The van der Waals surface area contributed by atoms with Crippen molar-refractivity contribution in [3.05, 3.63) is 46.5 Å². The normalized spacial score (nSPS) is 10.9. The molecule has 146 valence electrons. The minimum absolute atomic E-state index is 0.118. The first-order chi connectivity index (χ1) is 12.8. The number of nitro benzene ring substituents is 1. The van der Waals surface area contributed by atoms with Crippen LogP contribution in [-0.2, 0) is 10.0 Å². The van der Waals surface area contributed by atoms with Gasteiger partial charge in [-0.1, -0.05) is 0 Å². The van der Waals surface area contributed by atoms with Gasteiger partial charge in [0.05, 0.1) is 37.0 Å². The molecule has 2 aromatic carbocycles. The maximum Gasteiger partial charge on any atom is 0.293 e. The molecule has 2 aromatic rings. The molecule has 27 heavy (non-hydrogen) atoms. The maximum absolute atomic E-state index is 12.8. The molecule has 0 aliphatic heterocycles. The minimum Gasteiger partial charge on any atom is -0.497 e. The molecule has 0 amide bonds. The molecule has 2 rings (SSSR count). The molecule has 0 radical (unpaired) electrons. The molecule has 0 saturated carbocycles. The van der Waals surface area contributed by atoms with E-state index in [4.69, 9.17) is 14.2 Å². The van der Waals surface area contributed by atoms with Crippen LogP contribution >= 0.6 is 0 Å². The van der Waals surface area contributed by atoms with Gasteiger partial charge in [0.2, 0.25) is 0 Å². The fraction of sp³-hybridized carbons (Fsp3) is 0.294. The first kappa shape index (κ1) is 20.3. The van der Waals surface area contributed by atoms with E-state index in [1.165, 1.54) is 19.2 Å². The molecule has 0 aromatic heterocycles. The first-order valence-electron chi connectivity index (χ1n) is 8.07. The highest BCUT2D eigenvalue weighted by Gasteiger charge is 2.27. The lowest BCUT2D eigenvalue weighted by molar-refractivity contribution is -0.387. The largest absolute Gasteiger partial charge is 0.497 e. The van der Waals surface area contributed by atoms with Crippen LogP contribution in [0, 0.1) is 10.1 Å². The van der Waals surface area contributed by atoms with E-state index >= 15 is 0 Å². The molecule has 0 saturated heterocycles. The number of hydrogen-bond acceptors (Lipinski definition) is 7. The highest BCUT2D eigenvalue weighted by Crippen LogP contribution is 2.34. The van der Waals surface area contributed by atoms with Crippen molar-refractivity contribution in [3.8, 4) is 17.2 Å². The summed E-state index contributed by atoms with van der Waals surface area (Å²) < 4.78 is 43.7. The minimum atomic E-state index is -4.27. The van der Waals surface area contributed by atoms with E-state index in [-0.39, 0.29) is 17.2 Å². The van der Waals surface area contributed by atoms with E-state index in [2.05, 4.69) is 4.72 Å². The molecule has 0 heterocycles. The lowest BCUT2D eigenvalue weighted by Gasteiger charge is -2.15. The van der Waals surface area contributed by atoms with Gasteiger partial charge in [-0.15, -0.1) is 0 Å². The van der Waals surface area contributed by atoms with E-state index in [1.807, 2.05) is 0 Å². The fourth-order valence-electron chi connectivity index (χ4n) is 2.32. The quantitative estimate of drug-likeness (QED) is 0.511. The average molecular weight is 396 g/mol. The summed E-state index contributed by atoms with van der Waals surface area (Å²) in [5.41, 5.74) is -0.478. The molecule has 1 N–H and O–H groups in total. The Labute approximate surface area is 157 Å². The summed E-state index contributed by atoms with van der Waals surface area (Å²) in [6.07, 6.45) is 0. The summed E-state index contributed by atoms with van der Waals surface area (Å²) in [7, 11) is -2.94. The first-order valence-corrected chi connectivity index (χ1v) is 9.55. The number of rotatable bonds is 9. The molecule has 0 atom stereocenters. The Bertz CT molecular complexity index is 929. The molecule has 0 aliphatic carbocycles. The predicted molar refractivity (Wildman–Crippen MR) is 99.2 cm³/mol. The second-order valence-electron chi connectivity index (χ2n) is 5.22. The van der Waals surface area contributed by atoms with E-state index < -0.39 is 25.5 Å². The number of nitrogens with zero attached hydrogens (tertiary/aromatic N) is 1. The van der Waals surface area contributed by atoms with Crippen molar-refractivity contribution in [1.29, 1.82) is 0 Å². The topological polar surface area (TPSA) is 117 Å². The van der Waals surface area contributed by atoms with Gasteiger partial charge in [0.15, 0.2) is 4.90 Å². The lowest BCUT2D eigenvalue weighted by atomic mass is 10.3. The third kappa shape index (κ3) is 4.79. The monoisotopic (exact) mass is 396 g/mol. The molecular formula is C17H20N2O7S. The van der Waals surface area contributed by atoms with Crippen LogP contribution in [0.2, 0.25) is 0 Å². The molecule has 0 fully saturated rings. The summed E-state index contributed by atoms with van der Waals surface area (Å²) in [5, 5.41) is 11.3. The van der Waals surface area contributed by atoms with Crippen molar-refractivity contribution >= 4 is 21.4 Å². The average Bonchev–Trinajstić information content (AvgIpc) is 2.63. The number of benzene rings is 2. The Balaban J connectivity index is 2.50. The Morgan fingerprint density at radius 3 is 2.30 bits per heavy atom. The highest BCUT2D eigenvalue weighted by molar-refractivity contribution is 7.92. The number of methoxy groups -OCH3 is 1. The Kier molecular flexibility index (Phi) is 6.45. The molecule has 0 unspecified atom stereocenters. The molecule has 0 aliphatic rings. The third-order valence-corrected chi connectivity index (χ3v) is 4.87. The number of anilines is 1. The number of hydrogen-bond donors (Lipinski definition) is 1. The Morgan fingerprint density at radius 2 is 1.70 bits per heavy atom. The van der Waals surface area contributed by atoms with Gasteiger partial charge >= 0.3 is 0 Å². The number of nitrogens with one attached hydrogen (secondary N) is 1. The molecule has 10 heteroatoms. The molecular weight excluding hydrogens is 376 g/mol. The van der Waals surface area contributed by atoms with Gasteiger partial charge in [0, 0.05) is 6.07 Å². The van der Waals surface area contributed by atoms with Crippen molar-refractivity contribution in [2.75, 3.05) is 25.0 Å². The van der Waals surface area contributed by atoms with Crippen molar-refractivity contribution in [2.24, 2.45) is 0 Å². The van der Waals surface area contributed by atoms with Gasteiger partial charge in [0.25, 0.3) is 15.7 Å². The standard InChI is InChI=1S/C17H20N2O7S/c1-4-25-13-6-8-16(26-5-2)14(10-13)18-27(22,23)17-9-7-12(24-3)11-15(17)19(20)21/h6-11,18H,4-5H2,1-3H3. The van der Waals surface area contributed by atoms with Crippen LogP contribution in [0.4, 0.5) is 11.4 Å². The van der Waals surface area contributed by atoms with Gasteiger partial charge in [-0.05, 0) is 38.1 Å². The second-order valence-corrected chi connectivity index (χ2v) is 6.87. The third-order valence-electron chi connectivity index (χ3n) is 3.46. The van der Waals surface area contributed by atoms with Crippen molar-refractivity contribution in [2.45, 2.75) is 18.7 Å². The molecule has 9 nitrogen and oxygen atoms in total. The van der Waals surface area contributed by atoms with Gasteiger partial charge in [0.1, 0.15) is 17.2 Å².